The third kappa shape index (κ3) is 6.50. The first-order chi connectivity index (χ1) is 16.6. The number of nitrogens with one attached hydrogen (secondary N) is 1. The topological polar surface area (TPSA) is 94.5 Å². The number of carbonyl (C=O) groups excluding carboxylic acids is 2. The van der Waals surface area contributed by atoms with E-state index < -0.39 is 0 Å². The molecule has 0 unspecified atom stereocenters. The predicted molar refractivity (Wildman–Crippen MR) is 131 cm³/mol. The van der Waals surface area contributed by atoms with Crippen LogP contribution in [0.3, 0.4) is 0 Å². The summed E-state index contributed by atoms with van der Waals surface area (Å²) in [5.41, 5.74) is 1.82. The van der Waals surface area contributed by atoms with Crippen molar-refractivity contribution in [2.75, 3.05) is 32.8 Å². The number of unbranched alkanes of at least 4 members (excludes halogenated alkanes) is 2. The fourth-order valence-electron chi connectivity index (χ4n) is 5.21. The van der Waals surface area contributed by atoms with Crippen LogP contribution < -0.4 is 10.1 Å². The van der Waals surface area contributed by atoms with Crippen LogP contribution in [-0.2, 0) is 16.1 Å². The monoisotopic (exact) mass is 470 g/mol. The van der Waals surface area contributed by atoms with Gasteiger partial charge in [0, 0.05) is 25.1 Å². The second kappa shape index (κ2) is 12.2. The first-order valence-electron chi connectivity index (χ1n) is 12.9. The Bertz CT molecular complexity index is 882. The zero-order chi connectivity index (χ0) is 23.8. The lowest BCUT2D eigenvalue weighted by molar-refractivity contribution is -0.132. The van der Waals surface area contributed by atoms with E-state index in [1.807, 2.05) is 28.0 Å². The highest BCUT2D eigenvalue weighted by molar-refractivity contribution is 6.05. The standard InChI is InChI=1S/C26H38N4O4/c31-16-15-29(14-5-3-10-20-8-1-2-9-20)25(33)13-4-6-17-34-23-12-7-11-22-21(23)18-30-19-24(32)28-26(30)27-22/h7,11-12,20,31H,1-6,8-10,13-19H2,(H,27,28,32). The van der Waals surface area contributed by atoms with Crippen molar-refractivity contribution in [2.45, 2.75) is 70.8 Å². The van der Waals surface area contributed by atoms with Crippen LogP contribution in [0.15, 0.2) is 23.2 Å². The zero-order valence-corrected chi connectivity index (χ0v) is 20.1. The molecule has 0 aromatic heterocycles. The van der Waals surface area contributed by atoms with Gasteiger partial charge in [0.05, 0.1) is 25.4 Å². The second-order valence-electron chi connectivity index (χ2n) is 9.65. The molecule has 34 heavy (non-hydrogen) atoms. The molecule has 0 radical (unpaired) electrons. The number of ether oxygens (including phenoxy) is 1. The molecule has 1 saturated heterocycles. The first-order valence-corrected chi connectivity index (χ1v) is 12.9. The highest BCUT2D eigenvalue weighted by Crippen LogP contribution is 2.34. The summed E-state index contributed by atoms with van der Waals surface area (Å²) in [5.74, 6) is 2.37. The molecule has 1 aromatic rings. The van der Waals surface area contributed by atoms with Gasteiger partial charge in [-0.05, 0) is 37.3 Å². The van der Waals surface area contributed by atoms with Crippen LogP contribution in [0.1, 0.15) is 69.8 Å². The van der Waals surface area contributed by atoms with Crippen LogP contribution in [0.2, 0.25) is 0 Å². The molecule has 186 valence electrons. The molecule has 2 N–H and O–H groups in total. The summed E-state index contributed by atoms with van der Waals surface area (Å²) < 4.78 is 6.03. The molecule has 1 aromatic carbocycles. The van der Waals surface area contributed by atoms with Gasteiger partial charge in [0.25, 0.3) is 0 Å². The Labute approximate surface area is 202 Å². The maximum Gasteiger partial charge on any atom is 0.246 e. The first kappa shape index (κ1) is 24.5. The third-order valence-corrected chi connectivity index (χ3v) is 7.10. The summed E-state index contributed by atoms with van der Waals surface area (Å²) in [6, 6.07) is 5.78. The van der Waals surface area contributed by atoms with Crippen molar-refractivity contribution in [3.05, 3.63) is 23.8 Å². The fourth-order valence-corrected chi connectivity index (χ4v) is 5.21. The van der Waals surface area contributed by atoms with Gasteiger partial charge in [-0.15, -0.1) is 0 Å². The number of aliphatic hydroxyl groups excluding tert-OH is 1. The van der Waals surface area contributed by atoms with Crippen LogP contribution in [0.5, 0.6) is 5.75 Å². The molecular formula is C26H38N4O4. The molecule has 3 aliphatic rings. The summed E-state index contributed by atoms with van der Waals surface area (Å²) in [5, 5.41) is 12.1. The largest absolute Gasteiger partial charge is 0.493 e. The Kier molecular flexibility index (Phi) is 8.79. The minimum absolute atomic E-state index is 0.0128. The molecule has 1 saturated carbocycles. The maximum atomic E-state index is 12.7. The molecule has 2 amide bonds. The van der Waals surface area contributed by atoms with E-state index in [1.54, 1.807) is 0 Å². The summed E-state index contributed by atoms with van der Waals surface area (Å²) in [7, 11) is 0. The maximum absolute atomic E-state index is 12.7. The number of carbonyl (C=O) groups is 2. The number of aliphatic imine (C=N–C) groups is 1. The number of aliphatic hydroxyl groups is 1. The highest BCUT2D eigenvalue weighted by atomic mass is 16.5. The minimum Gasteiger partial charge on any atom is -0.493 e. The molecule has 0 spiro atoms. The van der Waals surface area contributed by atoms with E-state index in [-0.39, 0.29) is 18.4 Å². The summed E-state index contributed by atoms with van der Waals surface area (Å²) in [6.07, 6.45) is 11.0. The van der Waals surface area contributed by atoms with Gasteiger partial charge in [0.1, 0.15) is 12.3 Å². The summed E-state index contributed by atoms with van der Waals surface area (Å²) >= 11 is 0. The highest BCUT2D eigenvalue weighted by Gasteiger charge is 2.30. The number of hydrogen-bond acceptors (Lipinski definition) is 6. The molecule has 0 bridgehead atoms. The van der Waals surface area contributed by atoms with E-state index in [0.29, 0.717) is 38.6 Å². The average molecular weight is 471 g/mol. The van der Waals surface area contributed by atoms with E-state index in [0.717, 1.165) is 48.7 Å². The molecule has 8 heteroatoms. The van der Waals surface area contributed by atoms with Gasteiger partial charge >= 0.3 is 0 Å². The number of guanidine groups is 1. The van der Waals surface area contributed by atoms with Crippen LogP contribution in [0.25, 0.3) is 0 Å². The number of hydrogen-bond donors (Lipinski definition) is 2. The van der Waals surface area contributed by atoms with Gasteiger partial charge in [-0.3, -0.25) is 14.9 Å². The number of rotatable bonds is 13. The lowest BCUT2D eigenvalue weighted by Crippen LogP contribution is -2.34. The molecule has 1 aliphatic carbocycles. The van der Waals surface area contributed by atoms with Crippen LogP contribution in [-0.4, -0.2) is 65.5 Å². The lowest BCUT2D eigenvalue weighted by Gasteiger charge is -2.24. The smallest absolute Gasteiger partial charge is 0.246 e. The summed E-state index contributed by atoms with van der Waals surface area (Å²) in [6.45, 7) is 2.62. The molecule has 2 heterocycles. The van der Waals surface area contributed by atoms with E-state index in [9.17, 15) is 14.7 Å². The number of fused-ring (bicyclic) bond motifs is 2. The Morgan fingerprint density at radius 2 is 2.00 bits per heavy atom. The van der Waals surface area contributed by atoms with Crippen molar-refractivity contribution in [2.24, 2.45) is 10.9 Å². The Morgan fingerprint density at radius 1 is 1.15 bits per heavy atom. The SMILES string of the molecule is O=C1CN2Cc3c(cccc3OCCCCC(=O)N(CCO)CCCCC3CCCC3)N=C2N1. The van der Waals surface area contributed by atoms with Crippen molar-refractivity contribution in [1.29, 1.82) is 0 Å². The predicted octanol–water partition coefficient (Wildman–Crippen LogP) is 3.35. The van der Waals surface area contributed by atoms with E-state index in [4.69, 9.17) is 4.74 Å². The fraction of sp³-hybridized carbons (Fsp3) is 0.654. The number of benzene rings is 1. The minimum atomic E-state index is -0.0391. The normalized spacial score (nSPS) is 17.3. The lowest BCUT2D eigenvalue weighted by atomic mass is 10.0. The van der Waals surface area contributed by atoms with E-state index in [2.05, 4.69) is 10.3 Å². The van der Waals surface area contributed by atoms with E-state index in [1.165, 1.54) is 38.5 Å². The Hall–Kier alpha value is -2.61. The Balaban J connectivity index is 1.16. The molecule has 4 rings (SSSR count). The second-order valence-corrected chi connectivity index (χ2v) is 9.65. The molecular weight excluding hydrogens is 432 g/mol. The molecule has 0 atom stereocenters. The Morgan fingerprint density at radius 3 is 2.82 bits per heavy atom. The molecule has 2 aliphatic heterocycles. The number of nitrogens with zero attached hydrogens (tertiary/aromatic N) is 3. The van der Waals surface area contributed by atoms with Crippen LogP contribution in [0, 0.1) is 5.92 Å². The van der Waals surface area contributed by atoms with Crippen molar-refractivity contribution in [3.63, 3.8) is 0 Å². The summed E-state index contributed by atoms with van der Waals surface area (Å²) in [4.78, 5) is 32.6. The van der Waals surface area contributed by atoms with Gasteiger partial charge in [-0.2, -0.15) is 0 Å². The average Bonchev–Trinajstić information content (AvgIpc) is 3.47. The van der Waals surface area contributed by atoms with Crippen LogP contribution >= 0.6 is 0 Å². The van der Waals surface area contributed by atoms with Crippen LogP contribution in [0.4, 0.5) is 5.69 Å². The quantitative estimate of drug-likeness (QED) is 0.431. The van der Waals surface area contributed by atoms with Crippen molar-refractivity contribution >= 4 is 23.5 Å². The zero-order valence-electron chi connectivity index (χ0n) is 20.1. The van der Waals surface area contributed by atoms with E-state index >= 15 is 0 Å². The molecule has 2 fully saturated rings. The van der Waals surface area contributed by atoms with Crippen molar-refractivity contribution < 1.29 is 19.4 Å². The van der Waals surface area contributed by atoms with Crippen molar-refractivity contribution in [1.82, 2.24) is 15.1 Å². The number of amides is 2. The van der Waals surface area contributed by atoms with Gasteiger partial charge in [0.2, 0.25) is 17.8 Å². The van der Waals surface area contributed by atoms with Gasteiger partial charge in [-0.1, -0.05) is 44.6 Å². The van der Waals surface area contributed by atoms with Crippen molar-refractivity contribution in [3.8, 4) is 5.75 Å². The van der Waals surface area contributed by atoms with Gasteiger partial charge < -0.3 is 19.6 Å². The van der Waals surface area contributed by atoms with Gasteiger partial charge in [0.15, 0.2) is 0 Å². The molecule has 8 nitrogen and oxygen atoms in total. The van der Waals surface area contributed by atoms with Gasteiger partial charge in [-0.25, -0.2) is 4.99 Å². The third-order valence-electron chi connectivity index (χ3n) is 7.10.